The molecule has 0 unspecified atom stereocenters. The highest BCUT2D eigenvalue weighted by atomic mass is 32.1. The number of rotatable bonds is 6. The Morgan fingerprint density at radius 2 is 1.92 bits per heavy atom. The summed E-state index contributed by atoms with van der Waals surface area (Å²) in [5, 5.41) is 5.84. The van der Waals surface area contributed by atoms with Gasteiger partial charge in [0.2, 0.25) is 5.91 Å². The summed E-state index contributed by atoms with van der Waals surface area (Å²) in [5.41, 5.74) is 2.64. The molecule has 0 atom stereocenters. The maximum Gasteiger partial charge on any atom is 0.248 e. The van der Waals surface area contributed by atoms with Gasteiger partial charge in [-0.15, -0.1) is 11.3 Å². The quantitative estimate of drug-likeness (QED) is 0.657. The first-order chi connectivity index (χ1) is 12.2. The van der Waals surface area contributed by atoms with Crippen LogP contribution >= 0.6 is 11.3 Å². The van der Waals surface area contributed by atoms with E-state index in [0.29, 0.717) is 6.61 Å². The van der Waals surface area contributed by atoms with Crippen LogP contribution in [0.5, 0.6) is 5.75 Å². The third-order valence-corrected chi connectivity index (χ3v) is 4.22. The fraction of sp³-hybridized carbons (Fsp3) is 0.100. The predicted molar refractivity (Wildman–Crippen MR) is 102 cm³/mol. The van der Waals surface area contributed by atoms with Gasteiger partial charge < -0.3 is 10.1 Å². The lowest BCUT2D eigenvalue weighted by Gasteiger charge is -2.04. The number of hydrogen-bond donors (Lipinski definition) is 1. The molecule has 0 radical (unpaired) electrons. The van der Waals surface area contributed by atoms with Crippen molar-refractivity contribution in [3.63, 3.8) is 0 Å². The molecule has 1 N–H and O–H groups in total. The number of nitrogens with one attached hydrogen (secondary N) is 1. The minimum atomic E-state index is -0.162. The van der Waals surface area contributed by atoms with Gasteiger partial charge in [0.05, 0.1) is 10.7 Å². The topological polar surface area (TPSA) is 51.2 Å². The highest BCUT2D eigenvalue weighted by molar-refractivity contribution is 7.09. The second-order valence-corrected chi connectivity index (χ2v) is 6.47. The van der Waals surface area contributed by atoms with Crippen LogP contribution < -0.4 is 10.1 Å². The Morgan fingerprint density at radius 3 is 2.60 bits per heavy atom. The van der Waals surface area contributed by atoms with E-state index in [4.69, 9.17) is 4.74 Å². The van der Waals surface area contributed by atoms with Gasteiger partial charge in [0, 0.05) is 17.1 Å². The van der Waals surface area contributed by atoms with Crippen LogP contribution in [0.25, 0.3) is 6.08 Å². The number of amides is 1. The summed E-state index contributed by atoms with van der Waals surface area (Å²) < 4.78 is 5.71. The van der Waals surface area contributed by atoms with E-state index in [1.54, 1.807) is 17.4 Å². The molecule has 0 bridgehead atoms. The molecule has 3 aromatic rings. The number of carbonyl (C=O) groups excluding carboxylic acids is 1. The van der Waals surface area contributed by atoms with E-state index in [1.807, 2.05) is 66.9 Å². The van der Waals surface area contributed by atoms with Gasteiger partial charge in [0.25, 0.3) is 0 Å². The Bertz CT molecular complexity index is 855. The Balaban J connectivity index is 1.52. The Morgan fingerprint density at radius 1 is 1.16 bits per heavy atom. The number of hydrogen-bond acceptors (Lipinski definition) is 4. The summed E-state index contributed by atoms with van der Waals surface area (Å²) in [6.45, 7) is 2.43. The first kappa shape index (κ1) is 16.9. The molecular weight excluding hydrogens is 332 g/mol. The van der Waals surface area contributed by atoms with Crippen LogP contribution in [0, 0.1) is 6.92 Å². The number of carbonyl (C=O) groups is 1. The lowest BCUT2D eigenvalue weighted by molar-refractivity contribution is -0.111. The average Bonchev–Trinajstić information content (AvgIpc) is 3.05. The molecule has 0 aliphatic carbocycles. The van der Waals surface area contributed by atoms with Crippen molar-refractivity contribution in [1.29, 1.82) is 0 Å². The van der Waals surface area contributed by atoms with Crippen molar-refractivity contribution in [1.82, 2.24) is 4.98 Å². The molecule has 2 aromatic carbocycles. The summed E-state index contributed by atoms with van der Waals surface area (Å²) >= 11 is 1.61. The molecule has 0 fully saturated rings. The Labute approximate surface area is 150 Å². The molecule has 1 amide bonds. The average molecular weight is 350 g/mol. The predicted octanol–water partition coefficient (Wildman–Crippen LogP) is 4.68. The molecule has 0 saturated carbocycles. The molecule has 25 heavy (non-hydrogen) atoms. The number of nitrogens with zero attached hydrogens (tertiary/aromatic N) is 1. The lowest BCUT2D eigenvalue weighted by Crippen LogP contribution is -2.07. The second-order valence-electron chi connectivity index (χ2n) is 5.40. The fourth-order valence-corrected chi connectivity index (χ4v) is 2.78. The monoisotopic (exact) mass is 350 g/mol. The van der Waals surface area contributed by atoms with Crippen molar-refractivity contribution < 1.29 is 9.53 Å². The van der Waals surface area contributed by atoms with Crippen LogP contribution in [0.3, 0.4) is 0 Å². The third-order valence-electron chi connectivity index (χ3n) is 3.40. The normalized spacial score (nSPS) is 10.8. The molecule has 3 rings (SSSR count). The number of anilines is 1. The molecule has 1 aromatic heterocycles. The van der Waals surface area contributed by atoms with E-state index in [1.165, 1.54) is 6.08 Å². The summed E-state index contributed by atoms with van der Waals surface area (Å²) in [5.74, 6) is 0.613. The molecule has 1 heterocycles. The zero-order valence-corrected chi connectivity index (χ0v) is 14.6. The number of ether oxygens (including phenoxy) is 1. The maximum atomic E-state index is 11.9. The third kappa shape index (κ3) is 5.29. The number of para-hydroxylation sites is 1. The number of aryl methyl sites for hydroxylation is 1. The number of thiazole rings is 1. The minimum absolute atomic E-state index is 0.162. The molecule has 4 nitrogen and oxygen atoms in total. The Hall–Kier alpha value is -2.92. The van der Waals surface area contributed by atoms with E-state index in [9.17, 15) is 4.79 Å². The van der Waals surface area contributed by atoms with Crippen LogP contribution in [0.2, 0.25) is 0 Å². The molecule has 0 saturated heterocycles. The van der Waals surface area contributed by atoms with Gasteiger partial charge in [0.15, 0.2) is 0 Å². The van der Waals surface area contributed by atoms with Crippen molar-refractivity contribution in [2.45, 2.75) is 13.5 Å². The Kier molecular flexibility index (Phi) is 5.59. The van der Waals surface area contributed by atoms with Gasteiger partial charge in [-0.1, -0.05) is 30.3 Å². The van der Waals surface area contributed by atoms with Crippen LogP contribution in [0.4, 0.5) is 5.69 Å². The van der Waals surface area contributed by atoms with Gasteiger partial charge in [0.1, 0.15) is 12.4 Å². The first-order valence-corrected chi connectivity index (χ1v) is 8.75. The van der Waals surface area contributed by atoms with Gasteiger partial charge >= 0.3 is 0 Å². The summed E-state index contributed by atoms with van der Waals surface area (Å²) in [6.07, 6.45) is 3.28. The smallest absolute Gasteiger partial charge is 0.248 e. The highest BCUT2D eigenvalue weighted by Crippen LogP contribution is 2.16. The second kappa shape index (κ2) is 8.26. The molecule has 0 aliphatic rings. The molecule has 0 spiro atoms. The molecule has 5 heteroatoms. The summed E-state index contributed by atoms with van der Waals surface area (Å²) in [6, 6.07) is 17.0. The van der Waals surface area contributed by atoms with Crippen LogP contribution in [0.1, 0.15) is 16.3 Å². The summed E-state index contributed by atoms with van der Waals surface area (Å²) in [7, 11) is 0. The first-order valence-electron chi connectivity index (χ1n) is 7.87. The van der Waals surface area contributed by atoms with Crippen LogP contribution in [-0.4, -0.2) is 10.9 Å². The van der Waals surface area contributed by atoms with Crippen molar-refractivity contribution in [2.24, 2.45) is 0 Å². The van der Waals surface area contributed by atoms with Crippen LogP contribution in [-0.2, 0) is 11.4 Å². The summed E-state index contributed by atoms with van der Waals surface area (Å²) in [4.78, 5) is 16.2. The fourth-order valence-electron chi connectivity index (χ4n) is 2.18. The molecular formula is C20H18N2O2S. The molecule has 0 aliphatic heterocycles. The van der Waals surface area contributed by atoms with E-state index in [0.717, 1.165) is 27.7 Å². The SMILES string of the molecule is Cc1nc(COc2ccc(/C=C/C(=O)Nc3ccccc3)cc2)cs1. The van der Waals surface area contributed by atoms with Gasteiger partial charge in [-0.05, 0) is 42.8 Å². The van der Waals surface area contributed by atoms with Crippen molar-refractivity contribution >= 4 is 29.0 Å². The van der Waals surface area contributed by atoms with Crippen molar-refractivity contribution in [3.8, 4) is 5.75 Å². The lowest BCUT2D eigenvalue weighted by atomic mass is 10.2. The number of benzene rings is 2. The van der Waals surface area contributed by atoms with Gasteiger partial charge in [-0.3, -0.25) is 4.79 Å². The van der Waals surface area contributed by atoms with Crippen LogP contribution in [0.15, 0.2) is 66.1 Å². The van der Waals surface area contributed by atoms with E-state index >= 15 is 0 Å². The van der Waals surface area contributed by atoms with E-state index < -0.39 is 0 Å². The van der Waals surface area contributed by atoms with Gasteiger partial charge in [-0.2, -0.15) is 0 Å². The maximum absolute atomic E-state index is 11.9. The van der Waals surface area contributed by atoms with E-state index in [2.05, 4.69) is 10.3 Å². The largest absolute Gasteiger partial charge is 0.487 e. The van der Waals surface area contributed by atoms with Crippen molar-refractivity contribution in [2.75, 3.05) is 5.32 Å². The van der Waals surface area contributed by atoms with Crippen molar-refractivity contribution in [3.05, 3.63) is 82.3 Å². The standard InChI is InChI=1S/C20H18N2O2S/c1-15-21-18(14-25-15)13-24-19-10-7-16(8-11-19)9-12-20(23)22-17-5-3-2-4-6-17/h2-12,14H,13H2,1H3,(H,22,23)/b12-9+. The highest BCUT2D eigenvalue weighted by Gasteiger charge is 2.00. The molecule has 126 valence electrons. The van der Waals surface area contributed by atoms with Gasteiger partial charge in [-0.25, -0.2) is 4.98 Å². The zero-order chi connectivity index (χ0) is 17.5. The zero-order valence-electron chi connectivity index (χ0n) is 13.8. The van der Waals surface area contributed by atoms with E-state index in [-0.39, 0.29) is 5.91 Å². The number of aromatic nitrogens is 1. The minimum Gasteiger partial charge on any atom is -0.487 e.